The van der Waals surface area contributed by atoms with Crippen LogP contribution in [0.3, 0.4) is 0 Å². The smallest absolute Gasteiger partial charge is 0.124 e. The van der Waals surface area contributed by atoms with Gasteiger partial charge in [-0.15, -0.1) is 11.3 Å². The number of halogens is 1. The molecule has 0 spiro atoms. The molecule has 0 aliphatic rings. The normalized spacial score (nSPS) is 10.5. The molecule has 2 N–H and O–H groups in total. The summed E-state index contributed by atoms with van der Waals surface area (Å²) in [6.45, 7) is 3.65. The monoisotopic (exact) mass is 303 g/mol. The Kier molecular flexibility index (Phi) is 5.45. The highest BCUT2D eigenvalue weighted by Gasteiger charge is 2.06. The first-order valence-corrected chi connectivity index (χ1v) is 7.52. The molecule has 0 amide bonds. The molecule has 0 radical (unpaired) electrons. The Balaban J connectivity index is 2.06. The van der Waals surface area contributed by atoms with Crippen molar-refractivity contribution in [2.45, 2.75) is 20.0 Å². The van der Waals surface area contributed by atoms with E-state index in [1.165, 1.54) is 12.1 Å². The highest BCUT2D eigenvalue weighted by atomic mass is 32.1. The summed E-state index contributed by atoms with van der Waals surface area (Å²) < 4.78 is 13.6. The van der Waals surface area contributed by atoms with Crippen LogP contribution in [0.15, 0.2) is 23.6 Å². The molecule has 5 heteroatoms. The average Bonchev–Trinajstić information content (AvgIpc) is 2.80. The van der Waals surface area contributed by atoms with Gasteiger partial charge in [-0.1, -0.05) is 11.8 Å². The van der Waals surface area contributed by atoms with E-state index in [2.05, 4.69) is 27.1 Å². The van der Waals surface area contributed by atoms with Crippen LogP contribution in [0.5, 0.6) is 0 Å². The molecule has 2 aromatic rings. The zero-order valence-electron chi connectivity index (χ0n) is 12.2. The lowest BCUT2D eigenvalue weighted by molar-refractivity contribution is 0.315. The Labute approximate surface area is 128 Å². The van der Waals surface area contributed by atoms with Crippen molar-refractivity contribution in [1.29, 1.82) is 0 Å². The first kappa shape index (κ1) is 15.6. The van der Waals surface area contributed by atoms with E-state index in [0.29, 0.717) is 12.1 Å². The number of hydrogen-bond donors (Lipinski definition) is 1. The summed E-state index contributed by atoms with van der Waals surface area (Å²) in [6, 6.07) is 4.86. The molecule has 1 heterocycles. The number of aromatic nitrogens is 1. The topological polar surface area (TPSA) is 42.2 Å². The quantitative estimate of drug-likeness (QED) is 0.883. The highest BCUT2D eigenvalue weighted by Crippen LogP contribution is 2.14. The number of nitrogens with zero attached hydrogens (tertiary/aromatic N) is 2. The first-order chi connectivity index (χ1) is 10.1. The third kappa shape index (κ3) is 4.94. The van der Waals surface area contributed by atoms with Gasteiger partial charge < -0.3 is 5.73 Å². The fourth-order valence-electron chi connectivity index (χ4n) is 2.09. The molecule has 2 rings (SSSR count). The van der Waals surface area contributed by atoms with Crippen molar-refractivity contribution in [1.82, 2.24) is 9.88 Å². The van der Waals surface area contributed by atoms with Gasteiger partial charge >= 0.3 is 0 Å². The minimum absolute atomic E-state index is 0.272. The molecule has 0 saturated carbocycles. The van der Waals surface area contributed by atoms with Crippen LogP contribution in [0.25, 0.3) is 0 Å². The SMILES string of the molecule is Cc1nc(CN(C)Cc2cc(F)cc(C#CCN)c2)cs1. The van der Waals surface area contributed by atoms with Crippen molar-refractivity contribution in [3.8, 4) is 11.8 Å². The van der Waals surface area contributed by atoms with Crippen LogP contribution in [-0.2, 0) is 13.1 Å². The van der Waals surface area contributed by atoms with Crippen molar-refractivity contribution in [3.63, 3.8) is 0 Å². The second-order valence-corrected chi connectivity index (χ2v) is 5.95. The van der Waals surface area contributed by atoms with Gasteiger partial charge in [0.15, 0.2) is 0 Å². The van der Waals surface area contributed by atoms with Crippen molar-refractivity contribution in [3.05, 3.63) is 51.2 Å². The summed E-state index contributed by atoms with van der Waals surface area (Å²) in [5.74, 6) is 5.34. The maximum atomic E-state index is 13.6. The zero-order valence-corrected chi connectivity index (χ0v) is 13.0. The number of nitrogens with two attached hydrogens (primary N) is 1. The summed E-state index contributed by atoms with van der Waals surface area (Å²) in [7, 11) is 1.99. The highest BCUT2D eigenvalue weighted by molar-refractivity contribution is 7.09. The largest absolute Gasteiger partial charge is 0.320 e. The average molecular weight is 303 g/mol. The van der Waals surface area contributed by atoms with E-state index in [1.54, 1.807) is 11.3 Å². The second kappa shape index (κ2) is 7.32. The molecule has 0 aliphatic heterocycles. The van der Waals surface area contributed by atoms with Crippen LogP contribution in [0.1, 0.15) is 21.8 Å². The fourth-order valence-corrected chi connectivity index (χ4v) is 2.70. The molecule has 1 aromatic carbocycles. The van der Waals surface area contributed by atoms with E-state index in [-0.39, 0.29) is 12.4 Å². The minimum Gasteiger partial charge on any atom is -0.320 e. The minimum atomic E-state index is -0.272. The van der Waals surface area contributed by atoms with Gasteiger partial charge in [0, 0.05) is 24.0 Å². The van der Waals surface area contributed by atoms with Crippen LogP contribution >= 0.6 is 11.3 Å². The second-order valence-electron chi connectivity index (χ2n) is 4.88. The molecule has 0 atom stereocenters. The van der Waals surface area contributed by atoms with Gasteiger partial charge in [0.05, 0.1) is 17.2 Å². The van der Waals surface area contributed by atoms with Crippen molar-refractivity contribution in [2.24, 2.45) is 5.73 Å². The lowest BCUT2D eigenvalue weighted by atomic mass is 10.1. The summed E-state index contributed by atoms with van der Waals surface area (Å²) >= 11 is 1.64. The molecule has 3 nitrogen and oxygen atoms in total. The molecule has 0 saturated heterocycles. The van der Waals surface area contributed by atoms with E-state index in [4.69, 9.17) is 5.73 Å². The lowest BCUT2D eigenvalue weighted by Crippen LogP contribution is -2.17. The van der Waals surface area contributed by atoms with Crippen LogP contribution in [-0.4, -0.2) is 23.5 Å². The van der Waals surface area contributed by atoms with Gasteiger partial charge in [-0.05, 0) is 37.7 Å². The number of rotatable bonds is 4. The molecule has 0 bridgehead atoms. The Hall–Kier alpha value is -1.74. The third-order valence-corrected chi connectivity index (χ3v) is 3.67. The van der Waals surface area contributed by atoms with E-state index in [9.17, 15) is 4.39 Å². The predicted octanol–water partition coefficient (Wildman–Crippen LogP) is 2.53. The van der Waals surface area contributed by atoms with Crippen LogP contribution in [0.4, 0.5) is 4.39 Å². The Morgan fingerprint density at radius 2 is 2.14 bits per heavy atom. The molecule has 0 fully saturated rings. The number of benzene rings is 1. The first-order valence-electron chi connectivity index (χ1n) is 6.65. The number of aryl methyl sites for hydroxylation is 1. The van der Waals surface area contributed by atoms with Gasteiger partial charge in [0.25, 0.3) is 0 Å². The van der Waals surface area contributed by atoms with E-state index in [0.717, 1.165) is 22.8 Å². The molecular weight excluding hydrogens is 285 g/mol. The summed E-state index contributed by atoms with van der Waals surface area (Å²) in [5.41, 5.74) is 7.94. The number of thiazole rings is 1. The molecule has 0 aliphatic carbocycles. The predicted molar refractivity (Wildman–Crippen MR) is 84.4 cm³/mol. The van der Waals surface area contributed by atoms with Crippen LogP contribution in [0, 0.1) is 24.6 Å². The maximum absolute atomic E-state index is 13.6. The summed E-state index contributed by atoms with van der Waals surface area (Å²) in [4.78, 5) is 6.54. The van der Waals surface area contributed by atoms with Crippen molar-refractivity contribution < 1.29 is 4.39 Å². The Bertz CT molecular complexity index is 670. The third-order valence-electron chi connectivity index (χ3n) is 2.84. The van der Waals surface area contributed by atoms with E-state index in [1.807, 2.05) is 20.0 Å². The Morgan fingerprint density at radius 3 is 2.81 bits per heavy atom. The van der Waals surface area contributed by atoms with Crippen LogP contribution < -0.4 is 5.73 Å². The van der Waals surface area contributed by atoms with Gasteiger partial charge in [-0.2, -0.15) is 0 Å². The van der Waals surface area contributed by atoms with Crippen molar-refractivity contribution >= 4 is 11.3 Å². The van der Waals surface area contributed by atoms with Gasteiger partial charge in [-0.25, -0.2) is 9.37 Å². The van der Waals surface area contributed by atoms with E-state index >= 15 is 0 Å². The van der Waals surface area contributed by atoms with Gasteiger partial charge in [0.1, 0.15) is 5.82 Å². The molecule has 0 unspecified atom stereocenters. The molecule has 110 valence electrons. The molecular formula is C16H18FN3S. The maximum Gasteiger partial charge on any atom is 0.124 e. The fraction of sp³-hybridized carbons (Fsp3) is 0.312. The van der Waals surface area contributed by atoms with Gasteiger partial charge in [0.2, 0.25) is 0 Å². The standard InChI is InChI=1S/C16H18FN3S/c1-12-19-16(11-21-12)10-20(2)9-14-6-13(4-3-5-18)7-15(17)8-14/h6-8,11H,5,9-10,18H2,1-2H3. The van der Waals surface area contributed by atoms with Crippen LogP contribution in [0.2, 0.25) is 0 Å². The zero-order chi connectivity index (χ0) is 15.2. The lowest BCUT2D eigenvalue weighted by Gasteiger charge is -2.15. The summed E-state index contributed by atoms with van der Waals surface area (Å²) in [6.07, 6.45) is 0. The number of hydrogen-bond acceptors (Lipinski definition) is 4. The Morgan fingerprint density at radius 1 is 1.33 bits per heavy atom. The van der Waals surface area contributed by atoms with E-state index < -0.39 is 0 Å². The summed E-state index contributed by atoms with van der Waals surface area (Å²) in [5, 5.41) is 3.11. The van der Waals surface area contributed by atoms with Crippen molar-refractivity contribution in [2.75, 3.05) is 13.6 Å². The molecule has 1 aromatic heterocycles. The molecule has 21 heavy (non-hydrogen) atoms. The van der Waals surface area contributed by atoms with Gasteiger partial charge in [-0.3, -0.25) is 4.90 Å².